The van der Waals surface area contributed by atoms with Crippen molar-refractivity contribution in [2.45, 2.75) is 51.2 Å². The Balaban J connectivity index is 3.02. The van der Waals surface area contributed by atoms with Gasteiger partial charge < -0.3 is 0 Å². The van der Waals surface area contributed by atoms with Crippen LogP contribution < -0.4 is 0 Å². The first-order chi connectivity index (χ1) is 5.06. The van der Waals surface area contributed by atoms with Gasteiger partial charge in [0, 0.05) is 4.75 Å². The van der Waals surface area contributed by atoms with Crippen LogP contribution in [0, 0.1) is 6.92 Å². The highest BCUT2D eigenvalue weighted by Gasteiger charge is 2.08. The monoisotopic (exact) mass is 173 g/mol. The molecule has 67 valence electrons. The molecule has 0 amide bonds. The average Bonchev–Trinajstić information content (AvgIpc) is 1.85. The summed E-state index contributed by atoms with van der Waals surface area (Å²) in [6, 6.07) is 0. The van der Waals surface area contributed by atoms with Crippen molar-refractivity contribution in [3.8, 4) is 0 Å². The molecule has 0 bridgehead atoms. The molecular formula is C10H21S. The maximum absolute atomic E-state index is 3.83. The minimum atomic E-state index is 0.449. The van der Waals surface area contributed by atoms with Crippen LogP contribution in [-0.4, -0.2) is 10.5 Å². The lowest BCUT2D eigenvalue weighted by Crippen LogP contribution is -2.07. The summed E-state index contributed by atoms with van der Waals surface area (Å²) in [4.78, 5) is 0. The fourth-order valence-electron chi connectivity index (χ4n) is 0.834. The zero-order valence-corrected chi connectivity index (χ0v) is 8.97. The third kappa shape index (κ3) is 10.4. The van der Waals surface area contributed by atoms with Crippen molar-refractivity contribution < 1.29 is 0 Å². The molecule has 0 aliphatic rings. The van der Waals surface area contributed by atoms with E-state index in [1.807, 2.05) is 0 Å². The number of unbranched alkanes of at least 4 members (excludes halogenated alkanes) is 3. The van der Waals surface area contributed by atoms with Crippen LogP contribution in [0.3, 0.4) is 0 Å². The van der Waals surface area contributed by atoms with E-state index in [1.165, 1.54) is 25.0 Å². The van der Waals surface area contributed by atoms with E-state index < -0.39 is 0 Å². The van der Waals surface area contributed by atoms with Gasteiger partial charge in [0.05, 0.1) is 0 Å². The third-order valence-electron chi connectivity index (χ3n) is 1.43. The van der Waals surface area contributed by atoms with Crippen molar-refractivity contribution in [2.24, 2.45) is 0 Å². The van der Waals surface area contributed by atoms with Crippen LogP contribution in [0.1, 0.15) is 46.5 Å². The predicted molar refractivity (Wildman–Crippen MR) is 56.0 cm³/mol. The molecule has 0 saturated carbocycles. The molecule has 0 atom stereocenters. The minimum absolute atomic E-state index is 0.449. The number of rotatable bonds is 5. The normalized spacial score (nSPS) is 12.0. The largest absolute Gasteiger partial charge is 0.156 e. The van der Waals surface area contributed by atoms with Crippen LogP contribution in [0.15, 0.2) is 0 Å². The molecule has 0 unspecified atom stereocenters. The summed E-state index contributed by atoms with van der Waals surface area (Å²) in [5.74, 6) is 1.31. The number of thioether (sulfide) groups is 1. The molecule has 0 nitrogen and oxygen atoms in total. The second-order valence-electron chi connectivity index (χ2n) is 3.88. The average molecular weight is 173 g/mol. The molecule has 0 aliphatic heterocycles. The van der Waals surface area contributed by atoms with E-state index in [0.717, 1.165) is 6.42 Å². The lowest BCUT2D eigenvalue weighted by atomic mass is 10.2. The smallest absolute Gasteiger partial charge is 0.00750 e. The van der Waals surface area contributed by atoms with Crippen LogP contribution in [0.2, 0.25) is 0 Å². The fraction of sp³-hybridized carbons (Fsp3) is 0.900. The van der Waals surface area contributed by atoms with Crippen LogP contribution in [0.25, 0.3) is 0 Å². The lowest BCUT2D eigenvalue weighted by Gasteiger charge is -2.16. The molecule has 0 spiro atoms. The molecule has 0 aromatic rings. The summed E-state index contributed by atoms with van der Waals surface area (Å²) >= 11 is 2.06. The van der Waals surface area contributed by atoms with Gasteiger partial charge in [0.1, 0.15) is 0 Å². The summed E-state index contributed by atoms with van der Waals surface area (Å²) in [6.07, 6.45) is 5.11. The second kappa shape index (κ2) is 5.93. The first-order valence-corrected chi connectivity index (χ1v) is 5.48. The Hall–Kier alpha value is 0.350. The molecule has 0 rings (SSSR count). The van der Waals surface area contributed by atoms with Crippen molar-refractivity contribution in [2.75, 3.05) is 5.75 Å². The first-order valence-electron chi connectivity index (χ1n) is 4.49. The first kappa shape index (κ1) is 11.4. The van der Waals surface area contributed by atoms with Gasteiger partial charge in [0.25, 0.3) is 0 Å². The highest BCUT2D eigenvalue weighted by molar-refractivity contribution is 8.00. The molecule has 0 aromatic carbocycles. The minimum Gasteiger partial charge on any atom is -0.156 e. The molecule has 0 heterocycles. The van der Waals surface area contributed by atoms with E-state index in [-0.39, 0.29) is 0 Å². The highest BCUT2D eigenvalue weighted by atomic mass is 32.2. The van der Waals surface area contributed by atoms with Crippen molar-refractivity contribution >= 4 is 11.8 Å². The van der Waals surface area contributed by atoms with Crippen molar-refractivity contribution in [1.29, 1.82) is 0 Å². The van der Waals surface area contributed by atoms with Gasteiger partial charge in [-0.2, -0.15) is 11.8 Å². The Kier molecular flexibility index (Phi) is 6.12. The SMILES string of the molecule is [CH2]CCCCCSC(C)(C)C. The molecule has 0 aliphatic carbocycles. The highest BCUT2D eigenvalue weighted by Crippen LogP contribution is 2.24. The Bertz CT molecular complexity index is 81.4. The predicted octanol–water partition coefficient (Wildman–Crippen LogP) is 3.91. The van der Waals surface area contributed by atoms with E-state index in [9.17, 15) is 0 Å². The molecule has 1 radical (unpaired) electrons. The van der Waals surface area contributed by atoms with Crippen molar-refractivity contribution in [3.63, 3.8) is 0 Å². The Morgan fingerprint density at radius 1 is 1.09 bits per heavy atom. The Morgan fingerprint density at radius 2 is 1.73 bits per heavy atom. The van der Waals surface area contributed by atoms with Crippen LogP contribution in [0.4, 0.5) is 0 Å². The summed E-state index contributed by atoms with van der Waals surface area (Å²) in [7, 11) is 0. The number of hydrogen-bond donors (Lipinski definition) is 0. The third-order valence-corrected chi connectivity index (χ3v) is 2.79. The quantitative estimate of drug-likeness (QED) is 0.568. The zero-order chi connectivity index (χ0) is 8.74. The molecule has 0 aromatic heterocycles. The van der Waals surface area contributed by atoms with Crippen LogP contribution in [0.5, 0.6) is 0 Å². The van der Waals surface area contributed by atoms with Gasteiger partial charge in [0.15, 0.2) is 0 Å². The van der Waals surface area contributed by atoms with E-state index in [1.54, 1.807) is 0 Å². The van der Waals surface area contributed by atoms with E-state index >= 15 is 0 Å². The molecule has 11 heavy (non-hydrogen) atoms. The summed E-state index contributed by atoms with van der Waals surface area (Å²) in [5, 5.41) is 0. The molecule has 0 N–H and O–H groups in total. The lowest BCUT2D eigenvalue weighted by molar-refractivity contribution is 0.727. The van der Waals surface area contributed by atoms with E-state index in [4.69, 9.17) is 0 Å². The maximum atomic E-state index is 3.83. The summed E-state index contributed by atoms with van der Waals surface area (Å²) in [6.45, 7) is 10.7. The zero-order valence-electron chi connectivity index (χ0n) is 8.15. The van der Waals surface area contributed by atoms with Gasteiger partial charge in [-0.1, -0.05) is 47.0 Å². The van der Waals surface area contributed by atoms with Crippen molar-refractivity contribution in [3.05, 3.63) is 6.92 Å². The molecule has 0 fully saturated rings. The topological polar surface area (TPSA) is 0 Å². The summed E-state index contributed by atoms with van der Waals surface area (Å²) < 4.78 is 0.449. The second-order valence-corrected chi connectivity index (χ2v) is 5.80. The molecular weight excluding hydrogens is 152 g/mol. The van der Waals surface area contributed by atoms with Gasteiger partial charge in [-0.25, -0.2) is 0 Å². The molecule has 0 saturated heterocycles. The van der Waals surface area contributed by atoms with Gasteiger partial charge >= 0.3 is 0 Å². The van der Waals surface area contributed by atoms with Gasteiger partial charge in [-0.05, 0) is 12.2 Å². The molecule has 1 heteroatoms. The number of hydrogen-bond acceptors (Lipinski definition) is 1. The van der Waals surface area contributed by atoms with Gasteiger partial charge in [-0.3, -0.25) is 0 Å². The fourth-order valence-corrected chi connectivity index (χ4v) is 1.79. The Morgan fingerprint density at radius 3 is 2.18 bits per heavy atom. The maximum Gasteiger partial charge on any atom is 0.00750 e. The van der Waals surface area contributed by atoms with Crippen molar-refractivity contribution in [1.82, 2.24) is 0 Å². The van der Waals surface area contributed by atoms with Crippen LogP contribution in [-0.2, 0) is 0 Å². The summed E-state index contributed by atoms with van der Waals surface area (Å²) in [5.41, 5.74) is 0. The van der Waals surface area contributed by atoms with Gasteiger partial charge in [0.2, 0.25) is 0 Å². The standard InChI is InChI=1S/C10H21S/c1-5-6-7-8-9-11-10(2,3)4/h1,5-9H2,2-4H3. The van der Waals surface area contributed by atoms with E-state index in [2.05, 4.69) is 39.5 Å². The van der Waals surface area contributed by atoms with E-state index in [0.29, 0.717) is 4.75 Å². The Labute approximate surface area is 76.1 Å². The van der Waals surface area contributed by atoms with Gasteiger partial charge in [-0.15, -0.1) is 0 Å². The van der Waals surface area contributed by atoms with Crippen LogP contribution >= 0.6 is 11.8 Å².